The Morgan fingerprint density at radius 3 is 2.09 bits per heavy atom. The van der Waals surface area contributed by atoms with Crippen molar-refractivity contribution in [2.24, 2.45) is 0 Å². The van der Waals surface area contributed by atoms with Crippen molar-refractivity contribution in [3.8, 4) is 12.5 Å². The van der Waals surface area contributed by atoms with Crippen molar-refractivity contribution in [2.75, 3.05) is 0 Å². The predicted octanol–water partition coefficient (Wildman–Crippen LogP) is 0.832. The molecule has 5 heteroatoms. The first-order chi connectivity index (χ1) is 5.26. The SMILES string of the molecule is C=CC(F)C(OC#N)OC#N. The summed E-state index contributed by atoms with van der Waals surface area (Å²) in [7, 11) is 0. The molecule has 0 rings (SSSR count). The maximum atomic E-state index is 12.5. The van der Waals surface area contributed by atoms with Gasteiger partial charge in [-0.3, -0.25) is 0 Å². The zero-order valence-electron chi connectivity index (χ0n) is 5.53. The normalized spacial score (nSPS) is 10.9. The Labute approximate surface area is 63.1 Å². The third kappa shape index (κ3) is 3.07. The van der Waals surface area contributed by atoms with E-state index in [0.29, 0.717) is 0 Å². The van der Waals surface area contributed by atoms with E-state index in [-0.39, 0.29) is 0 Å². The van der Waals surface area contributed by atoms with E-state index in [1.807, 2.05) is 0 Å². The average molecular weight is 156 g/mol. The van der Waals surface area contributed by atoms with Gasteiger partial charge in [-0.2, -0.15) is 10.5 Å². The fraction of sp³-hybridized carbons (Fsp3) is 0.333. The van der Waals surface area contributed by atoms with Crippen LogP contribution in [0.15, 0.2) is 12.7 Å². The van der Waals surface area contributed by atoms with Gasteiger partial charge in [-0.1, -0.05) is 12.7 Å². The molecule has 0 amide bonds. The Kier molecular flexibility index (Phi) is 4.26. The quantitative estimate of drug-likeness (QED) is 0.343. The van der Waals surface area contributed by atoms with Crippen LogP contribution in [0, 0.1) is 23.0 Å². The van der Waals surface area contributed by atoms with Gasteiger partial charge in [0.15, 0.2) is 6.17 Å². The van der Waals surface area contributed by atoms with Gasteiger partial charge in [0.25, 0.3) is 18.8 Å². The lowest BCUT2D eigenvalue weighted by atomic mass is 10.4. The molecule has 0 bridgehead atoms. The molecule has 0 saturated carbocycles. The summed E-state index contributed by atoms with van der Waals surface area (Å²) in [5, 5.41) is 15.9. The van der Waals surface area contributed by atoms with Crippen LogP contribution in [-0.4, -0.2) is 12.5 Å². The number of halogens is 1. The van der Waals surface area contributed by atoms with E-state index >= 15 is 0 Å². The van der Waals surface area contributed by atoms with Gasteiger partial charge < -0.3 is 9.47 Å². The van der Waals surface area contributed by atoms with Gasteiger partial charge in [-0.15, -0.1) is 0 Å². The van der Waals surface area contributed by atoms with Crippen molar-refractivity contribution >= 4 is 0 Å². The van der Waals surface area contributed by atoms with Crippen LogP contribution in [0.4, 0.5) is 4.39 Å². The summed E-state index contributed by atoms with van der Waals surface area (Å²) < 4.78 is 20.6. The van der Waals surface area contributed by atoms with E-state index in [0.717, 1.165) is 6.08 Å². The molecule has 0 fully saturated rings. The van der Waals surface area contributed by atoms with Crippen molar-refractivity contribution < 1.29 is 13.9 Å². The van der Waals surface area contributed by atoms with Crippen molar-refractivity contribution in [3.63, 3.8) is 0 Å². The minimum Gasteiger partial charge on any atom is -0.380 e. The maximum absolute atomic E-state index is 12.5. The summed E-state index contributed by atoms with van der Waals surface area (Å²) in [6.45, 7) is 3.09. The molecular formula is C6H5FN2O2. The first kappa shape index (κ1) is 9.25. The zero-order valence-corrected chi connectivity index (χ0v) is 5.53. The predicted molar refractivity (Wildman–Crippen MR) is 32.3 cm³/mol. The molecule has 1 unspecified atom stereocenters. The topological polar surface area (TPSA) is 66.0 Å². The molecule has 0 heterocycles. The molecule has 0 aliphatic rings. The zero-order chi connectivity index (χ0) is 8.69. The first-order valence-corrected chi connectivity index (χ1v) is 2.62. The van der Waals surface area contributed by atoms with Gasteiger partial charge in [0.1, 0.15) is 0 Å². The van der Waals surface area contributed by atoms with E-state index in [1.54, 1.807) is 0 Å². The minimum atomic E-state index is -1.69. The van der Waals surface area contributed by atoms with Crippen molar-refractivity contribution in [3.05, 3.63) is 12.7 Å². The lowest BCUT2D eigenvalue weighted by Gasteiger charge is -2.10. The van der Waals surface area contributed by atoms with Crippen LogP contribution < -0.4 is 0 Å². The van der Waals surface area contributed by atoms with Crippen LogP contribution >= 0.6 is 0 Å². The summed E-state index contributed by atoms with van der Waals surface area (Å²) in [6, 6.07) is 0. The number of alkyl halides is 1. The Balaban J connectivity index is 4.01. The summed E-state index contributed by atoms with van der Waals surface area (Å²) in [5.74, 6) is 0. The molecule has 11 heavy (non-hydrogen) atoms. The number of hydrogen-bond donors (Lipinski definition) is 0. The highest BCUT2D eigenvalue weighted by Gasteiger charge is 2.20. The van der Waals surface area contributed by atoms with Crippen molar-refractivity contribution in [2.45, 2.75) is 12.5 Å². The maximum Gasteiger partial charge on any atom is 0.299 e. The molecule has 0 aromatic carbocycles. The van der Waals surface area contributed by atoms with Gasteiger partial charge >= 0.3 is 0 Å². The molecular weight excluding hydrogens is 151 g/mol. The average Bonchev–Trinajstić information content (AvgIpc) is 2.03. The standard InChI is InChI=1S/C6H5FN2O2/c1-2-5(7)6(10-3-8)11-4-9/h2,5-6H,1H2. The molecule has 0 N–H and O–H groups in total. The van der Waals surface area contributed by atoms with Crippen LogP contribution in [0.5, 0.6) is 0 Å². The lowest BCUT2D eigenvalue weighted by Crippen LogP contribution is -2.23. The molecule has 0 aliphatic heterocycles. The van der Waals surface area contributed by atoms with Crippen molar-refractivity contribution in [1.29, 1.82) is 10.5 Å². The Morgan fingerprint density at radius 2 is 1.82 bits per heavy atom. The van der Waals surface area contributed by atoms with Crippen LogP contribution in [0.25, 0.3) is 0 Å². The van der Waals surface area contributed by atoms with Gasteiger partial charge in [0.2, 0.25) is 0 Å². The fourth-order valence-corrected chi connectivity index (χ4v) is 0.369. The minimum absolute atomic E-state index is 0.874. The highest BCUT2D eigenvalue weighted by Crippen LogP contribution is 2.05. The van der Waals surface area contributed by atoms with Crippen LogP contribution in [0.1, 0.15) is 0 Å². The molecule has 0 aromatic rings. The van der Waals surface area contributed by atoms with Crippen LogP contribution in [0.3, 0.4) is 0 Å². The number of nitriles is 2. The van der Waals surface area contributed by atoms with Crippen LogP contribution in [-0.2, 0) is 9.47 Å². The monoisotopic (exact) mass is 156 g/mol. The molecule has 0 aromatic heterocycles. The van der Waals surface area contributed by atoms with E-state index in [4.69, 9.17) is 10.5 Å². The van der Waals surface area contributed by atoms with Crippen LogP contribution in [0.2, 0.25) is 0 Å². The van der Waals surface area contributed by atoms with Crippen molar-refractivity contribution in [1.82, 2.24) is 0 Å². The molecule has 1 atom stereocenters. The molecule has 0 radical (unpaired) electrons. The van der Waals surface area contributed by atoms with Gasteiger partial charge in [-0.25, -0.2) is 4.39 Å². The summed E-state index contributed by atoms with van der Waals surface area (Å²) >= 11 is 0. The van der Waals surface area contributed by atoms with Gasteiger partial charge in [0, 0.05) is 0 Å². The Hall–Kier alpha value is -1.75. The Morgan fingerprint density at radius 1 is 1.36 bits per heavy atom. The highest BCUT2D eigenvalue weighted by atomic mass is 19.1. The highest BCUT2D eigenvalue weighted by molar-refractivity contribution is 4.83. The largest absolute Gasteiger partial charge is 0.380 e. The van der Waals surface area contributed by atoms with E-state index in [2.05, 4.69) is 16.1 Å². The number of hydrogen-bond acceptors (Lipinski definition) is 4. The summed E-state index contributed by atoms with van der Waals surface area (Å²) in [4.78, 5) is 0. The molecule has 0 saturated heterocycles. The second kappa shape index (κ2) is 5.07. The lowest BCUT2D eigenvalue weighted by molar-refractivity contribution is -0.0802. The third-order valence-corrected chi connectivity index (χ3v) is 0.823. The molecule has 4 nitrogen and oxygen atoms in total. The summed E-state index contributed by atoms with van der Waals surface area (Å²) in [6.07, 6.45) is 0.0848. The number of nitrogens with zero attached hydrogens (tertiary/aromatic N) is 2. The molecule has 58 valence electrons. The Bertz CT molecular complexity index is 190. The number of rotatable bonds is 4. The fourth-order valence-electron chi connectivity index (χ4n) is 0.369. The second-order valence-corrected chi connectivity index (χ2v) is 1.47. The second-order valence-electron chi connectivity index (χ2n) is 1.47. The smallest absolute Gasteiger partial charge is 0.299 e. The van der Waals surface area contributed by atoms with E-state index < -0.39 is 12.5 Å². The molecule has 0 aliphatic carbocycles. The first-order valence-electron chi connectivity index (χ1n) is 2.62. The van der Waals surface area contributed by atoms with E-state index in [9.17, 15) is 4.39 Å². The summed E-state index contributed by atoms with van der Waals surface area (Å²) in [5.41, 5.74) is 0. The number of ether oxygens (including phenoxy) is 2. The van der Waals surface area contributed by atoms with Gasteiger partial charge in [0.05, 0.1) is 0 Å². The molecule has 0 spiro atoms. The van der Waals surface area contributed by atoms with Gasteiger partial charge in [-0.05, 0) is 0 Å². The van der Waals surface area contributed by atoms with E-state index in [1.165, 1.54) is 12.5 Å². The third-order valence-electron chi connectivity index (χ3n) is 0.823.